The molecule has 2 aromatic heterocycles. The molecule has 1 atom stereocenters. The average molecular weight is 399 g/mol. The van der Waals surface area contributed by atoms with Crippen molar-refractivity contribution in [3.63, 3.8) is 0 Å². The monoisotopic (exact) mass is 398 g/mol. The molecule has 6 heteroatoms. The van der Waals surface area contributed by atoms with Gasteiger partial charge in [-0.25, -0.2) is 4.98 Å². The Kier molecular flexibility index (Phi) is 4.78. The number of aryl methyl sites for hydroxylation is 4. The number of aromatic nitrogens is 1. The smallest absolute Gasteiger partial charge is 0.261 e. The van der Waals surface area contributed by atoms with Gasteiger partial charge in [0, 0.05) is 9.75 Å². The molecule has 1 aliphatic carbocycles. The number of hydrogen-bond donors (Lipinski definition) is 1. The summed E-state index contributed by atoms with van der Waals surface area (Å²) in [5.41, 5.74) is 4.78. The molecule has 27 heavy (non-hydrogen) atoms. The molecule has 1 amide bonds. The summed E-state index contributed by atoms with van der Waals surface area (Å²) in [5, 5.41) is 4.17. The van der Waals surface area contributed by atoms with E-state index in [2.05, 4.69) is 28.5 Å². The number of nitrogens with zero attached hydrogens (tertiary/aromatic N) is 1. The number of thiophene rings is 1. The molecular formula is C21H22N2O2S2. The molecule has 1 aromatic carbocycles. The summed E-state index contributed by atoms with van der Waals surface area (Å²) in [6, 6.07) is 8.22. The molecule has 140 valence electrons. The Morgan fingerprint density at radius 2 is 1.96 bits per heavy atom. The van der Waals surface area contributed by atoms with Gasteiger partial charge < -0.3 is 10.1 Å². The SMILES string of the molecule is COc1ccc2c(c1)CCc1cc(C(=O)NC(C)c3sc(C)nc3C)sc1-2. The molecule has 0 saturated heterocycles. The van der Waals surface area contributed by atoms with E-state index in [1.54, 1.807) is 29.8 Å². The summed E-state index contributed by atoms with van der Waals surface area (Å²) in [4.78, 5) is 20.4. The van der Waals surface area contributed by atoms with Crippen LogP contribution in [0.1, 0.15) is 49.3 Å². The zero-order valence-electron chi connectivity index (χ0n) is 15.9. The van der Waals surface area contributed by atoms with Crippen LogP contribution in [-0.2, 0) is 12.8 Å². The average Bonchev–Trinajstić information content (AvgIpc) is 3.24. The first-order chi connectivity index (χ1) is 13.0. The second-order valence-electron chi connectivity index (χ2n) is 6.87. The van der Waals surface area contributed by atoms with Gasteiger partial charge >= 0.3 is 0 Å². The van der Waals surface area contributed by atoms with Gasteiger partial charge in [-0.1, -0.05) is 0 Å². The van der Waals surface area contributed by atoms with Crippen LogP contribution in [0.15, 0.2) is 24.3 Å². The number of fused-ring (bicyclic) bond motifs is 3. The normalized spacial score (nSPS) is 13.6. The van der Waals surface area contributed by atoms with Crippen molar-refractivity contribution in [1.82, 2.24) is 10.3 Å². The second kappa shape index (κ2) is 7.09. The van der Waals surface area contributed by atoms with E-state index in [1.165, 1.54) is 21.6 Å². The van der Waals surface area contributed by atoms with Crippen LogP contribution in [0, 0.1) is 13.8 Å². The molecule has 0 radical (unpaired) electrons. The van der Waals surface area contributed by atoms with Crippen LogP contribution in [0.25, 0.3) is 10.4 Å². The highest BCUT2D eigenvalue weighted by molar-refractivity contribution is 7.17. The summed E-state index contributed by atoms with van der Waals surface area (Å²) in [6.45, 7) is 6.01. The number of methoxy groups -OCH3 is 1. The van der Waals surface area contributed by atoms with E-state index < -0.39 is 0 Å². The molecule has 1 N–H and O–H groups in total. The fourth-order valence-corrected chi connectivity index (χ4v) is 5.73. The number of ether oxygens (including phenoxy) is 1. The molecule has 2 heterocycles. The van der Waals surface area contributed by atoms with Crippen molar-refractivity contribution in [3.05, 3.63) is 55.8 Å². The van der Waals surface area contributed by atoms with E-state index in [4.69, 9.17) is 4.74 Å². The van der Waals surface area contributed by atoms with Crippen molar-refractivity contribution in [3.8, 4) is 16.2 Å². The fraction of sp³-hybridized carbons (Fsp3) is 0.333. The fourth-order valence-electron chi connectivity index (χ4n) is 3.63. The van der Waals surface area contributed by atoms with Gasteiger partial charge in [0.1, 0.15) is 5.75 Å². The van der Waals surface area contributed by atoms with E-state index in [9.17, 15) is 4.79 Å². The zero-order valence-corrected chi connectivity index (χ0v) is 17.5. The minimum absolute atomic E-state index is 0.0117. The Hall–Kier alpha value is -2.18. The van der Waals surface area contributed by atoms with Gasteiger partial charge in [-0.3, -0.25) is 4.79 Å². The Bertz CT molecular complexity index is 1020. The van der Waals surface area contributed by atoms with Gasteiger partial charge in [0.05, 0.1) is 28.7 Å². The summed E-state index contributed by atoms with van der Waals surface area (Å²) in [6.07, 6.45) is 1.94. The third kappa shape index (κ3) is 3.39. The van der Waals surface area contributed by atoms with E-state index >= 15 is 0 Å². The van der Waals surface area contributed by atoms with E-state index in [1.807, 2.05) is 26.8 Å². The molecule has 0 bridgehead atoms. The number of amides is 1. The van der Waals surface area contributed by atoms with Crippen LogP contribution in [0.2, 0.25) is 0 Å². The van der Waals surface area contributed by atoms with Crippen LogP contribution in [0.5, 0.6) is 5.75 Å². The Morgan fingerprint density at radius 3 is 2.67 bits per heavy atom. The van der Waals surface area contributed by atoms with Crippen LogP contribution >= 0.6 is 22.7 Å². The van der Waals surface area contributed by atoms with Crippen LogP contribution in [0.3, 0.4) is 0 Å². The zero-order chi connectivity index (χ0) is 19.1. The molecule has 4 rings (SSSR count). The van der Waals surface area contributed by atoms with E-state index in [0.29, 0.717) is 0 Å². The maximum absolute atomic E-state index is 12.8. The van der Waals surface area contributed by atoms with Crippen molar-refractivity contribution < 1.29 is 9.53 Å². The second-order valence-corrected chi connectivity index (χ2v) is 9.15. The first-order valence-corrected chi connectivity index (χ1v) is 10.6. The van der Waals surface area contributed by atoms with Crippen LogP contribution in [0.4, 0.5) is 0 Å². The van der Waals surface area contributed by atoms with Crippen molar-refractivity contribution >= 4 is 28.6 Å². The van der Waals surface area contributed by atoms with Gasteiger partial charge in [0.25, 0.3) is 5.91 Å². The lowest BCUT2D eigenvalue weighted by Crippen LogP contribution is -2.25. The number of carbonyl (C=O) groups is 1. The molecule has 0 fully saturated rings. The number of hydrogen-bond acceptors (Lipinski definition) is 5. The van der Waals surface area contributed by atoms with Gasteiger partial charge in [-0.2, -0.15) is 0 Å². The number of nitrogens with one attached hydrogen (secondary N) is 1. The predicted octanol–water partition coefficient (Wildman–Crippen LogP) is 5.09. The van der Waals surface area contributed by atoms with E-state index in [-0.39, 0.29) is 11.9 Å². The minimum atomic E-state index is -0.0422. The van der Waals surface area contributed by atoms with Crippen LogP contribution < -0.4 is 10.1 Å². The maximum Gasteiger partial charge on any atom is 0.261 e. The lowest BCUT2D eigenvalue weighted by Gasteiger charge is -2.16. The molecular weight excluding hydrogens is 376 g/mol. The van der Waals surface area contributed by atoms with Gasteiger partial charge in [0.2, 0.25) is 0 Å². The van der Waals surface area contributed by atoms with Crippen molar-refractivity contribution in [1.29, 1.82) is 0 Å². The number of thiazole rings is 1. The Labute approximate surface area is 167 Å². The standard InChI is InChI=1S/C21H22N2O2S2/c1-11-19(26-13(3)22-11)12(2)23-21(24)18-10-15-6-5-14-9-16(25-4)7-8-17(14)20(15)27-18/h7-10,12H,5-6H2,1-4H3,(H,23,24). The highest BCUT2D eigenvalue weighted by atomic mass is 32.1. The topological polar surface area (TPSA) is 51.2 Å². The van der Waals surface area contributed by atoms with Crippen molar-refractivity contribution in [2.75, 3.05) is 7.11 Å². The van der Waals surface area contributed by atoms with Crippen molar-refractivity contribution in [2.24, 2.45) is 0 Å². The lowest BCUT2D eigenvalue weighted by atomic mass is 9.91. The van der Waals surface area contributed by atoms with Crippen LogP contribution in [-0.4, -0.2) is 18.0 Å². The molecule has 0 saturated carbocycles. The maximum atomic E-state index is 12.8. The first-order valence-electron chi connectivity index (χ1n) is 9.01. The lowest BCUT2D eigenvalue weighted by molar-refractivity contribution is 0.0944. The van der Waals surface area contributed by atoms with Gasteiger partial charge in [-0.15, -0.1) is 22.7 Å². The predicted molar refractivity (Wildman–Crippen MR) is 111 cm³/mol. The van der Waals surface area contributed by atoms with Gasteiger partial charge in [-0.05, 0) is 74.6 Å². The quantitative estimate of drug-likeness (QED) is 0.666. The molecule has 3 aromatic rings. The number of carbonyl (C=O) groups excluding carboxylic acids is 1. The first kappa shape index (κ1) is 18.2. The molecule has 0 aliphatic heterocycles. The Morgan fingerprint density at radius 1 is 1.19 bits per heavy atom. The highest BCUT2D eigenvalue weighted by Gasteiger charge is 2.23. The largest absolute Gasteiger partial charge is 0.497 e. The molecule has 4 nitrogen and oxygen atoms in total. The van der Waals surface area contributed by atoms with Gasteiger partial charge in [0.15, 0.2) is 0 Å². The third-order valence-electron chi connectivity index (χ3n) is 4.93. The summed E-state index contributed by atoms with van der Waals surface area (Å²) < 4.78 is 5.34. The summed E-state index contributed by atoms with van der Waals surface area (Å²) in [7, 11) is 1.69. The highest BCUT2D eigenvalue weighted by Crippen LogP contribution is 2.41. The van der Waals surface area contributed by atoms with Crippen molar-refractivity contribution in [2.45, 2.75) is 39.7 Å². The Balaban J connectivity index is 1.58. The number of benzene rings is 1. The number of rotatable bonds is 4. The summed E-state index contributed by atoms with van der Waals surface area (Å²) >= 11 is 3.23. The molecule has 0 spiro atoms. The molecule has 1 aliphatic rings. The third-order valence-corrected chi connectivity index (χ3v) is 7.40. The van der Waals surface area contributed by atoms with E-state index in [0.717, 1.165) is 39.0 Å². The minimum Gasteiger partial charge on any atom is -0.497 e. The molecule has 1 unspecified atom stereocenters. The summed E-state index contributed by atoms with van der Waals surface area (Å²) in [5.74, 6) is 0.873.